The first kappa shape index (κ1) is 18.8. The van der Waals surface area contributed by atoms with E-state index in [1.54, 1.807) is 50.2 Å². The molecule has 0 spiro atoms. The first-order chi connectivity index (χ1) is 13.1. The summed E-state index contributed by atoms with van der Waals surface area (Å²) in [5, 5.41) is 0. The van der Waals surface area contributed by atoms with E-state index in [0.29, 0.717) is 37.6 Å². The molecule has 3 rings (SSSR count). The Hall–Kier alpha value is -2.99. The Morgan fingerprint density at radius 1 is 0.889 bits per heavy atom. The number of ether oxygens (including phenoxy) is 2. The molecule has 0 radical (unpaired) electrons. The molecule has 0 amide bonds. The van der Waals surface area contributed by atoms with Gasteiger partial charge in [-0.1, -0.05) is 30.3 Å². The summed E-state index contributed by atoms with van der Waals surface area (Å²) in [6, 6.07) is 12.4. The largest absolute Gasteiger partial charge is 0.462 e. The van der Waals surface area contributed by atoms with Crippen LogP contribution in [0.5, 0.6) is 0 Å². The summed E-state index contributed by atoms with van der Waals surface area (Å²) in [6.07, 6.45) is 0.741. The first-order valence-electron chi connectivity index (χ1n) is 8.56. The molecule has 1 heterocycles. The van der Waals surface area contributed by atoms with E-state index in [1.165, 1.54) is 11.3 Å². The zero-order valence-electron chi connectivity index (χ0n) is 15.0. The van der Waals surface area contributed by atoms with Crippen LogP contribution in [-0.4, -0.2) is 31.4 Å². The van der Waals surface area contributed by atoms with Crippen molar-refractivity contribution in [2.24, 2.45) is 0 Å². The van der Waals surface area contributed by atoms with Gasteiger partial charge < -0.3 is 9.47 Å². The van der Waals surface area contributed by atoms with Gasteiger partial charge in [-0.25, -0.2) is 9.59 Å². The molecule has 0 fully saturated rings. The summed E-state index contributed by atoms with van der Waals surface area (Å²) in [5.74, 6) is -1.03. The monoisotopic (exact) mass is 382 g/mol. The Morgan fingerprint density at radius 3 is 1.89 bits per heavy atom. The van der Waals surface area contributed by atoms with Gasteiger partial charge in [0.15, 0.2) is 6.29 Å². The fourth-order valence-electron chi connectivity index (χ4n) is 3.01. The van der Waals surface area contributed by atoms with Gasteiger partial charge in [0.2, 0.25) is 0 Å². The molecule has 0 aromatic carbocycles. The lowest BCUT2D eigenvalue weighted by Crippen LogP contribution is -2.08. The lowest BCUT2D eigenvalue weighted by molar-refractivity contribution is 0.0525. The number of thiophene rings is 1. The molecular weight excluding hydrogens is 364 g/mol. The van der Waals surface area contributed by atoms with Gasteiger partial charge in [0.25, 0.3) is 0 Å². The third kappa shape index (κ3) is 3.48. The maximum absolute atomic E-state index is 12.8. The quantitative estimate of drug-likeness (QED) is 0.457. The van der Waals surface area contributed by atoms with Gasteiger partial charge in [-0.05, 0) is 37.1 Å². The van der Waals surface area contributed by atoms with Gasteiger partial charge in [-0.3, -0.25) is 4.79 Å². The van der Waals surface area contributed by atoms with Gasteiger partial charge in [0.1, 0.15) is 0 Å². The SMILES string of the molecule is CCOC(=O)c1c2cccccc-2c(C(=O)OCC)c1-c1ccc(C=O)s1. The minimum atomic E-state index is -0.514. The van der Waals surface area contributed by atoms with Crippen molar-refractivity contribution in [3.05, 3.63) is 58.5 Å². The van der Waals surface area contributed by atoms with E-state index in [0.717, 1.165) is 6.29 Å². The topological polar surface area (TPSA) is 69.7 Å². The molecule has 0 bridgehead atoms. The third-order valence-electron chi connectivity index (χ3n) is 4.03. The molecule has 0 saturated heterocycles. The van der Waals surface area contributed by atoms with Crippen LogP contribution < -0.4 is 0 Å². The van der Waals surface area contributed by atoms with E-state index in [-0.39, 0.29) is 13.2 Å². The van der Waals surface area contributed by atoms with Crippen LogP contribution >= 0.6 is 11.3 Å². The summed E-state index contributed by atoms with van der Waals surface area (Å²) in [5.41, 5.74) is 2.29. The number of carbonyl (C=O) groups excluding carboxylic acids is 3. The predicted octanol–water partition coefficient (Wildman–Crippen LogP) is 4.69. The summed E-state index contributed by atoms with van der Waals surface area (Å²) >= 11 is 1.21. The number of fused-ring (bicyclic) bond motifs is 1. The normalized spacial score (nSPS) is 10.6. The van der Waals surface area contributed by atoms with Crippen molar-refractivity contribution in [1.82, 2.24) is 0 Å². The number of esters is 2. The van der Waals surface area contributed by atoms with Crippen molar-refractivity contribution in [3.63, 3.8) is 0 Å². The number of rotatable bonds is 6. The molecule has 1 aromatic heterocycles. The van der Waals surface area contributed by atoms with Gasteiger partial charge in [0, 0.05) is 10.4 Å². The van der Waals surface area contributed by atoms with Gasteiger partial charge in [-0.15, -0.1) is 11.3 Å². The van der Waals surface area contributed by atoms with Crippen molar-refractivity contribution in [1.29, 1.82) is 0 Å². The average Bonchev–Trinajstić information content (AvgIpc) is 3.17. The van der Waals surface area contributed by atoms with Crippen molar-refractivity contribution >= 4 is 29.6 Å². The lowest BCUT2D eigenvalue weighted by Gasteiger charge is -2.06. The Labute approximate surface area is 160 Å². The number of aldehydes is 1. The highest BCUT2D eigenvalue weighted by Gasteiger charge is 2.33. The second kappa shape index (κ2) is 8.14. The smallest absolute Gasteiger partial charge is 0.339 e. The molecule has 2 aliphatic rings. The van der Waals surface area contributed by atoms with Crippen molar-refractivity contribution in [3.8, 4) is 21.6 Å². The highest BCUT2D eigenvalue weighted by Crippen LogP contribution is 2.45. The fraction of sp³-hybridized carbons (Fsp3) is 0.190. The Kier molecular flexibility index (Phi) is 5.66. The van der Waals surface area contributed by atoms with Crippen LogP contribution in [0.25, 0.3) is 21.6 Å². The minimum Gasteiger partial charge on any atom is -0.462 e. The van der Waals surface area contributed by atoms with Crippen LogP contribution in [0.15, 0.2) is 42.5 Å². The highest BCUT2D eigenvalue weighted by molar-refractivity contribution is 7.17. The molecule has 5 nitrogen and oxygen atoms in total. The second-order valence-electron chi connectivity index (χ2n) is 5.62. The van der Waals surface area contributed by atoms with E-state index in [4.69, 9.17) is 9.47 Å². The summed E-state index contributed by atoms with van der Waals surface area (Å²) in [4.78, 5) is 37.9. The molecule has 0 unspecified atom stereocenters. The minimum absolute atomic E-state index is 0.211. The van der Waals surface area contributed by atoms with Crippen LogP contribution in [0.1, 0.15) is 44.2 Å². The lowest BCUT2D eigenvalue weighted by atomic mass is 10.1. The van der Waals surface area contributed by atoms with Crippen LogP contribution in [0, 0.1) is 0 Å². The van der Waals surface area contributed by atoms with E-state index < -0.39 is 11.9 Å². The van der Waals surface area contributed by atoms with Crippen LogP contribution in [0.4, 0.5) is 0 Å². The molecule has 1 aromatic rings. The maximum atomic E-state index is 12.8. The Bertz CT molecular complexity index is 920. The van der Waals surface area contributed by atoms with Gasteiger partial charge in [-0.2, -0.15) is 0 Å². The van der Waals surface area contributed by atoms with E-state index in [1.807, 2.05) is 6.07 Å². The van der Waals surface area contributed by atoms with Crippen LogP contribution in [0.2, 0.25) is 0 Å². The zero-order chi connectivity index (χ0) is 19.4. The molecular formula is C21H18O5S. The van der Waals surface area contributed by atoms with Gasteiger partial charge in [0.05, 0.1) is 29.2 Å². The number of hydrogen-bond acceptors (Lipinski definition) is 6. The molecule has 138 valence electrons. The Morgan fingerprint density at radius 2 is 1.44 bits per heavy atom. The van der Waals surface area contributed by atoms with Crippen molar-refractivity contribution < 1.29 is 23.9 Å². The fourth-order valence-corrected chi connectivity index (χ4v) is 3.89. The first-order valence-corrected chi connectivity index (χ1v) is 9.38. The van der Waals surface area contributed by atoms with Crippen LogP contribution in [-0.2, 0) is 9.47 Å². The third-order valence-corrected chi connectivity index (χ3v) is 5.05. The van der Waals surface area contributed by atoms with Crippen molar-refractivity contribution in [2.75, 3.05) is 13.2 Å². The Balaban J connectivity index is 2.39. The molecule has 27 heavy (non-hydrogen) atoms. The molecule has 0 atom stereocenters. The predicted molar refractivity (Wildman–Crippen MR) is 104 cm³/mol. The standard InChI is InChI=1S/C21H18O5S/c1-3-25-20(23)17-14-8-6-5-7-9-15(14)18(21(24)26-4-2)19(17)16-11-10-13(12-22)27-16/h5-12H,3-4H2,1-2H3. The summed E-state index contributed by atoms with van der Waals surface area (Å²) in [6.45, 7) is 3.88. The van der Waals surface area contributed by atoms with E-state index in [2.05, 4.69) is 0 Å². The molecule has 0 N–H and O–H groups in total. The van der Waals surface area contributed by atoms with E-state index >= 15 is 0 Å². The molecule has 0 aliphatic heterocycles. The van der Waals surface area contributed by atoms with Gasteiger partial charge >= 0.3 is 11.9 Å². The molecule has 0 saturated carbocycles. The maximum Gasteiger partial charge on any atom is 0.339 e. The average molecular weight is 382 g/mol. The second-order valence-corrected chi connectivity index (χ2v) is 6.74. The molecule has 2 aliphatic carbocycles. The number of carbonyl (C=O) groups is 3. The zero-order valence-corrected chi connectivity index (χ0v) is 15.8. The van der Waals surface area contributed by atoms with E-state index in [9.17, 15) is 14.4 Å². The van der Waals surface area contributed by atoms with Crippen molar-refractivity contribution in [2.45, 2.75) is 13.8 Å². The van der Waals surface area contributed by atoms with Crippen LogP contribution in [0.3, 0.4) is 0 Å². The number of hydrogen-bond donors (Lipinski definition) is 0. The molecule has 6 heteroatoms. The summed E-state index contributed by atoms with van der Waals surface area (Å²) in [7, 11) is 0. The highest BCUT2D eigenvalue weighted by atomic mass is 32.1. The summed E-state index contributed by atoms with van der Waals surface area (Å²) < 4.78 is 10.5.